The molecule has 1 rings (SSSR count). The van der Waals surface area contributed by atoms with Gasteiger partial charge in [-0.25, -0.2) is 0 Å². The van der Waals surface area contributed by atoms with Gasteiger partial charge in [-0.1, -0.05) is 0 Å². The zero-order valence-electron chi connectivity index (χ0n) is 8.04. The normalized spacial score (nSPS) is 43.4. The maximum absolute atomic E-state index is 10.7. The minimum absolute atomic E-state index is 0.404. The Hall–Kier alpha value is -0.690. The van der Waals surface area contributed by atoms with Crippen LogP contribution in [0.2, 0.25) is 0 Å². The lowest BCUT2D eigenvalue weighted by Gasteiger charge is -2.39. The number of hydrogen-bond acceptors (Lipinski definition) is 5. The van der Waals surface area contributed by atoms with E-state index in [1.807, 2.05) is 0 Å². The largest absolute Gasteiger partial charge is 0.388 e. The molecule has 0 spiro atoms. The van der Waals surface area contributed by atoms with Crippen molar-refractivity contribution in [1.29, 1.82) is 0 Å². The van der Waals surface area contributed by atoms with Crippen LogP contribution in [0, 0.1) is 0 Å². The monoisotopic (exact) mass is 205 g/mol. The second-order valence-corrected chi connectivity index (χ2v) is 3.44. The molecule has 6 heteroatoms. The standard InChI is InChI=1S/C8H15NO5/c1-3-6(11)7(12)5(8(13)14-3)9-4(2)10/h3,5-8,11-13H,1-2H3,(H,9,10)/t3-,5-,6-,7-,8?/m1/s1. The third kappa shape index (κ3) is 2.21. The molecule has 14 heavy (non-hydrogen) atoms. The molecule has 1 saturated heterocycles. The van der Waals surface area contributed by atoms with Crippen LogP contribution < -0.4 is 5.32 Å². The highest BCUT2D eigenvalue weighted by Gasteiger charge is 2.42. The first-order chi connectivity index (χ1) is 6.43. The fraction of sp³-hybridized carbons (Fsp3) is 0.875. The van der Waals surface area contributed by atoms with E-state index in [-0.39, 0.29) is 0 Å². The third-order valence-electron chi connectivity index (χ3n) is 2.23. The van der Waals surface area contributed by atoms with Gasteiger partial charge in [-0.3, -0.25) is 4.79 Å². The van der Waals surface area contributed by atoms with E-state index in [0.717, 1.165) is 0 Å². The highest BCUT2D eigenvalue weighted by molar-refractivity contribution is 5.73. The molecule has 0 saturated carbocycles. The van der Waals surface area contributed by atoms with Crippen LogP contribution in [-0.4, -0.2) is 51.9 Å². The third-order valence-corrected chi connectivity index (χ3v) is 2.23. The highest BCUT2D eigenvalue weighted by Crippen LogP contribution is 2.19. The number of nitrogens with one attached hydrogen (secondary N) is 1. The number of carbonyl (C=O) groups excluding carboxylic acids is 1. The summed E-state index contributed by atoms with van der Waals surface area (Å²) in [6, 6.07) is -0.987. The maximum Gasteiger partial charge on any atom is 0.217 e. The SMILES string of the molecule is CC(=O)N[C@H]1C(O)O[C@H](C)[C@@H](O)[C@@H]1O. The molecule has 1 amide bonds. The molecular weight excluding hydrogens is 190 g/mol. The van der Waals surface area contributed by atoms with E-state index in [4.69, 9.17) is 4.74 Å². The van der Waals surface area contributed by atoms with E-state index in [0.29, 0.717) is 0 Å². The molecule has 0 radical (unpaired) electrons. The number of aliphatic hydroxyl groups excluding tert-OH is 3. The zero-order valence-corrected chi connectivity index (χ0v) is 8.04. The van der Waals surface area contributed by atoms with Crippen molar-refractivity contribution in [2.75, 3.05) is 0 Å². The number of rotatable bonds is 1. The summed E-state index contributed by atoms with van der Waals surface area (Å²) in [5, 5.41) is 30.6. The maximum atomic E-state index is 10.7. The molecule has 5 atom stereocenters. The first kappa shape index (κ1) is 11.4. The fourth-order valence-corrected chi connectivity index (χ4v) is 1.44. The van der Waals surface area contributed by atoms with Crippen LogP contribution >= 0.6 is 0 Å². The van der Waals surface area contributed by atoms with Crippen molar-refractivity contribution in [3.63, 3.8) is 0 Å². The highest BCUT2D eigenvalue weighted by atomic mass is 16.6. The van der Waals surface area contributed by atoms with E-state index in [2.05, 4.69) is 5.32 Å². The quantitative estimate of drug-likeness (QED) is 0.395. The molecule has 0 aromatic heterocycles. The van der Waals surface area contributed by atoms with E-state index >= 15 is 0 Å². The van der Waals surface area contributed by atoms with Crippen LogP contribution in [-0.2, 0) is 9.53 Å². The van der Waals surface area contributed by atoms with Gasteiger partial charge in [0.1, 0.15) is 18.2 Å². The predicted octanol–water partition coefficient (Wildman–Crippen LogP) is -2.05. The Bertz CT molecular complexity index is 222. The minimum atomic E-state index is -1.30. The van der Waals surface area contributed by atoms with Gasteiger partial charge >= 0.3 is 0 Å². The molecule has 4 N–H and O–H groups in total. The van der Waals surface area contributed by atoms with Crippen molar-refractivity contribution >= 4 is 5.91 Å². The predicted molar refractivity (Wildman–Crippen MR) is 46.2 cm³/mol. The second-order valence-electron chi connectivity index (χ2n) is 3.44. The van der Waals surface area contributed by atoms with Gasteiger partial charge in [0.05, 0.1) is 6.10 Å². The van der Waals surface area contributed by atoms with Crippen molar-refractivity contribution in [2.45, 2.75) is 44.5 Å². The average molecular weight is 205 g/mol. The fourth-order valence-electron chi connectivity index (χ4n) is 1.44. The van der Waals surface area contributed by atoms with Gasteiger partial charge in [0.25, 0.3) is 0 Å². The van der Waals surface area contributed by atoms with Crippen LogP contribution in [0.5, 0.6) is 0 Å². The van der Waals surface area contributed by atoms with Crippen molar-refractivity contribution < 1.29 is 24.9 Å². The molecule has 1 unspecified atom stereocenters. The molecule has 0 aromatic rings. The minimum Gasteiger partial charge on any atom is -0.388 e. The molecule has 1 aliphatic rings. The Morgan fingerprint density at radius 1 is 1.29 bits per heavy atom. The first-order valence-corrected chi connectivity index (χ1v) is 4.40. The average Bonchev–Trinajstić information content (AvgIpc) is 2.09. The van der Waals surface area contributed by atoms with Crippen molar-refractivity contribution in [3.8, 4) is 0 Å². The summed E-state index contributed by atoms with van der Waals surface area (Å²) in [6.45, 7) is 2.78. The Kier molecular flexibility index (Phi) is 3.43. The summed E-state index contributed by atoms with van der Waals surface area (Å²) in [6.07, 6.45) is -4.30. The van der Waals surface area contributed by atoms with E-state index < -0.39 is 36.6 Å². The van der Waals surface area contributed by atoms with Crippen molar-refractivity contribution in [2.24, 2.45) is 0 Å². The van der Waals surface area contributed by atoms with Gasteiger partial charge in [0.15, 0.2) is 6.29 Å². The van der Waals surface area contributed by atoms with Gasteiger partial charge in [-0.05, 0) is 6.92 Å². The smallest absolute Gasteiger partial charge is 0.217 e. The molecule has 0 aliphatic carbocycles. The Labute approximate surface area is 81.5 Å². The lowest BCUT2D eigenvalue weighted by Crippen LogP contribution is -2.62. The lowest BCUT2D eigenvalue weighted by molar-refractivity contribution is -0.242. The lowest BCUT2D eigenvalue weighted by atomic mass is 9.98. The summed E-state index contributed by atoms with van der Waals surface area (Å²) in [5.41, 5.74) is 0. The molecule has 0 aromatic carbocycles. The van der Waals surface area contributed by atoms with Crippen LogP contribution in [0.1, 0.15) is 13.8 Å². The molecular formula is C8H15NO5. The summed E-state index contributed by atoms with van der Waals surface area (Å²) < 4.78 is 4.91. The Morgan fingerprint density at radius 3 is 2.36 bits per heavy atom. The van der Waals surface area contributed by atoms with Crippen LogP contribution in [0.25, 0.3) is 0 Å². The summed E-state index contributed by atoms with van der Waals surface area (Å²) in [5.74, 6) is -0.404. The summed E-state index contributed by atoms with van der Waals surface area (Å²) in [7, 11) is 0. The van der Waals surface area contributed by atoms with Gasteiger partial charge in [0.2, 0.25) is 5.91 Å². The molecule has 6 nitrogen and oxygen atoms in total. The molecule has 1 fully saturated rings. The van der Waals surface area contributed by atoms with Gasteiger partial charge in [0, 0.05) is 6.92 Å². The van der Waals surface area contributed by atoms with Crippen molar-refractivity contribution in [3.05, 3.63) is 0 Å². The van der Waals surface area contributed by atoms with Gasteiger partial charge in [-0.2, -0.15) is 0 Å². The summed E-state index contributed by atoms with van der Waals surface area (Å²) in [4.78, 5) is 10.7. The van der Waals surface area contributed by atoms with Crippen LogP contribution in [0.3, 0.4) is 0 Å². The number of aliphatic hydroxyl groups is 3. The first-order valence-electron chi connectivity index (χ1n) is 4.40. The molecule has 82 valence electrons. The Balaban J connectivity index is 2.68. The molecule has 1 heterocycles. The number of carbonyl (C=O) groups is 1. The van der Waals surface area contributed by atoms with Gasteiger partial charge in [-0.15, -0.1) is 0 Å². The van der Waals surface area contributed by atoms with E-state index in [1.54, 1.807) is 0 Å². The van der Waals surface area contributed by atoms with Crippen molar-refractivity contribution in [1.82, 2.24) is 5.32 Å². The van der Waals surface area contributed by atoms with E-state index in [1.165, 1.54) is 13.8 Å². The van der Waals surface area contributed by atoms with Gasteiger partial charge < -0.3 is 25.4 Å². The number of hydrogen-bond donors (Lipinski definition) is 4. The second kappa shape index (κ2) is 4.22. The Morgan fingerprint density at radius 2 is 1.86 bits per heavy atom. The van der Waals surface area contributed by atoms with E-state index in [9.17, 15) is 20.1 Å². The topological polar surface area (TPSA) is 99.0 Å². The number of ether oxygens (including phenoxy) is 1. The van der Waals surface area contributed by atoms with Crippen LogP contribution in [0.15, 0.2) is 0 Å². The zero-order chi connectivity index (χ0) is 10.9. The molecule has 0 bridgehead atoms. The number of amides is 1. The summed E-state index contributed by atoms with van der Waals surface area (Å²) >= 11 is 0. The van der Waals surface area contributed by atoms with Crippen LogP contribution in [0.4, 0.5) is 0 Å². The molecule has 1 aliphatic heterocycles.